The third-order valence-electron chi connectivity index (χ3n) is 2.36. The molecule has 0 spiro atoms. The van der Waals surface area contributed by atoms with E-state index in [0.717, 1.165) is 0 Å². The van der Waals surface area contributed by atoms with Gasteiger partial charge in [0.1, 0.15) is 5.02 Å². The van der Waals surface area contributed by atoms with E-state index in [1.807, 2.05) is 0 Å². The van der Waals surface area contributed by atoms with Crippen molar-refractivity contribution in [2.45, 2.75) is 0 Å². The molecule has 20 heavy (non-hydrogen) atoms. The minimum absolute atomic E-state index is 0.0196. The molecule has 0 radical (unpaired) electrons. The van der Waals surface area contributed by atoms with Crippen molar-refractivity contribution in [3.8, 4) is 6.01 Å². The molecule has 2 N–H and O–H groups in total. The minimum Gasteiger partial charge on any atom is -0.478 e. The largest absolute Gasteiger partial charge is 0.478 e. The number of aromatic nitrogens is 2. The lowest BCUT2D eigenvalue weighted by Gasteiger charge is -2.09. The maximum absolute atomic E-state index is 11.0. The fourth-order valence-electron chi connectivity index (χ4n) is 1.44. The van der Waals surface area contributed by atoms with Crippen LogP contribution in [0.3, 0.4) is 0 Å². The summed E-state index contributed by atoms with van der Waals surface area (Å²) in [6, 6.07) is 4.61. The van der Waals surface area contributed by atoms with Crippen LogP contribution in [0.15, 0.2) is 24.4 Å². The van der Waals surface area contributed by atoms with E-state index in [-0.39, 0.29) is 21.6 Å². The number of nitrogens with one attached hydrogen (secondary N) is 1. The third-order valence-corrected chi connectivity index (χ3v) is 2.97. The van der Waals surface area contributed by atoms with Crippen LogP contribution >= 0.6 is 23.2 Å². The van der Waals surface area contributed by atoms with Gasteiger partial charge in [-0.05, 0) is 18.2 Å². The number of carboxylic acids is 1. The number of methoxy groups -OCH3 is 1. The number of hydrogen-bond donors (Lipinski definition) is 2. The number of halogens is 2. The van der Waals surface area contributed by atoms with Gasteiger partial charge in [-0.25, -0.2) is 9.78 Å². The second-order valence-corrected chi connectivity index (χ2v) is 4.49. The van der Waals surface area contributed by atoms with Crippen LogP contribution in [-0.4, -0.2) is 28.2 Å². The Bertz CT molecular complexity index is 664. The van der Waals surface area contributed by atoms with E-state index in [1.165, 1.54) is 25.4 Å². The molecule has 0 aliphatic rings. The summed E-state index contributed by atoms with van der Waals surface area (Å²) < 4.78 is 4.89. The van der Waals surface area contributed by atoms with Crippen LogP contribution in [0.25, 0.3) is 0 Å². The number of hydrogen-bond acceptors (Lipinski definition) is 5. The van der Waals surface area contributed by atoms with Gasteiger partial charge in [-0.3, -0.25) is 0 Å². The summed E-state index contributed by atoms with van der Waals surface area (Å²) in [5.74, 6) is -0.817. The molecule has 0 amide bonds. The zero-order chi connectivity index (χ0) is 14.7. The van der Waals surface area contributed by atoms with E-state index in [0.29, 0.717) is 11.5 Å². The molecule has 1 aromatic carbocycles. The molecule has 8 heteroatoms. The van der Waals surface area contributed by atoms with Crippen molar-refractivity contribution in [3.05, 3.63) is 40.0 Å². The van der Waals surface area contributed by atoms with E-state index in [1.54, 1.807) is 6.07 Å². The summed E-state index contributed by atoms with van der Waals surface area (Å²) in [6.45, 7) is 0. The van der Waals surface area contributed by atoms with Crippen LogP contribution in [0, 0.1) is 0 Å². The van der Waals surface area contributed by atoms with Crippen molar-refractivity contribution in [1.82, 2.24) is 9.97 Å². The molecule has 2 rings (SSSR count). The van der Waals surface area contributed by atoms with Crippen LogP contribution in [0.1, 0.15) is 10.4 Å². The van der Waals surface area contributed by atoms with E-state index >= 15 is 0 Å². The number of ether oxygens (including phenoxy) is 1. The smallest absolute Gasteiger partial charge is 0.337 e. The van der Waals surface area contributed by atoms with E-state index in [2.05, 4.69) is 15.3 Å². The molecule has 1 aromatic heterocycles. The van der Waals surface area contributed by atoms with Gasteiger partial charge in [-0.15, -0.1) is 0 Å². The van der Waals surface area contributed by atoms with E-state index in [4.69, 9.17) is 33.0 Å². The highest BCUT2D eigenvalue weighted by Gasteiger charge is 2.11. The Hall–Kier alpha value is -2.05. The number of rotatable bonds is 4. The van der Waals surface area contributed by atoms with Gasteiger partial charge in [0.05, 0.1) is 23.9 Å². The first kappa shape index (κ1) is 14.4. The van der Waals surface area contributed by atoms with Gasteiger partial charge >= 0.3 is 12.0 Å². The molecule has 0 aliphatic carbocycles. The molecule has 0 fully saturated rings. The van der Waals surface area contributed by atoms with Crippen molar-refractivity contribution in [3.63, 3.8) is 0 Å². The van der Waals surface area contributed by atoms with Crippen molar-refractivity contribution < 1.29 is 14.6 Å². The van der Waals surface area contributed by atoms with Gasteiger partial charge in [0.15, 0.2) is 5.82 Å². The zero-order valence-corrected chi connectivity index (χ0v) is 11.7. The van der Waals surface area contributed by atoms with Gasteiger partial charge in [0.25, 0.3) is 0 Å². The second kappa shape index (κ2) is 5.94. The standard InChI is InChI=1S/C12H9Cl2N3O3/c1-20-12-15-5-9(14)10(17-12)16-6-2-3-8(13)7(4-6)11(18)19/h2-5H,1H3,(H,18,19)(H,15,16,17). The average molecular weight is 314 g/mol. The molecule has 0 saturated heterocycles. The van der Waals surface area contributed by atoms with Crippen LogP contribution in [0.2, 0.25) is 10.0 Å². The first-order chi connectivity index (χ1) is 9.51. The number of carboxylic acid groups (broad SMARTS) is 1. The molecular weight excluding hydrogens is 305 g/mol. The summed E-state index contributed by atoms with van der Waals surface area (Å²) in [6.07, 6.45) is 1.38. The van der Waals surface area contributed by atoms with Crippen LogP contribution in [-0.2, 0) is 0 Å². The summed E-state index contributed by atoms with van der Waals surface area (Å²) in [4.78, 5) is 18.9. The highest BCUT2D eigenvalue weighted by molar-refractivity contribution is 6.34. The lowest BCUT2D eigenvalue weighted by Crippen LogP contribution is -2.02. The SMILES string of the molecule is COc1ncc(Cl)c(Nc2ccc(Cl)c(C(=O)O)c2)n1. The second-order valence-electron chi connectivity index (χ2n) is 3.68. The molecule has 2 aromatic rings. The molecular formula is C12H9Cl2N3O3. The zero-order valence-electron chi connectivity index (χ0n) is 10.2. The van der Waals surface area contributed by atoms with Gasteiger partial charge in [0.2, 0.25) is 0 Å². The Labute approximate surface area is 124 Å². The maximum atomic E-state index is 11.0. The minimum atomic E-state index is -1.12. The van der Waals surface area contributed by atoms with E-state index in [9.17, 15) is 4.79 Å². The van der Waals surface area contributed by atoms with Crippen LogP contribution in [0.5, 0.6) is 6.01 Å². The monoisotopic (exact) mass is 313 g/mol. The molecule has 0 bridgehead atoms. The fourth-order valence-corrected chi connectivity index (χ4v) is 1.78. The maximum Gasteiger partial charge on any atom is 0.337 e. The van der Waals surface area contributed by atoms with Crippen molar-refractivity contribution in [2.75, 3.05) is 12.4 Å². The molecule has 1 heterocycles. The van der Waals surface area contributed by atoms with Gasteiger partial charge in [0, 0.05) is 5.69 Å². The topological polar surface area (TPSA) is 84.3 Å². The Morgan fingerprint density at radius 1 is 1.35 bits per heavy atom. The number of anilines is 2. The lowest BCUT2D eigenvalue weighted by molar-refractivity contribution is 0.0697. The summed E-state index contributed by atoms with van der Waals surface area (Å²) in [5, 5.41) is 12.3. The third kappa shape index (κ3) is 3.09. The number of carbonyl (C=O) groups is 1. The molecule has 0 unspecified atom stereocenters. The number of nitrogens with zero attached hydrogens (tertiary/aromatic N) is 2. The molecule has 104 valence electrons. The van der Waals surface area contributed by atoms with Crippen molar-refractivity contribution >= 4 is 40.7 Å². The van der Waals surface area contributed by atoms with Gasteiger partial charge in [-0.2, -0.15) is 4.98 Å². The Balaban J connectivity index is 2.35. The Morgan fingerprint density at radius 3 is 2.75 bits per heavy atom. The van der Waals surface area contributed by atoms with Crippen LogP contribution < -0.4 is 10.1 Å². The first-order valence-electron chi connectivity index (χ1n) is 5.37. The molecule has 0 aliphatic heterocycles. The van der Waals surface area contributed by atoms with Crippen molar-refractivity contribution in [2.24, 2.45) is 0 Å². The normalized spacial score (nSPS) is 10.2. The van der Waals surface area contributed by atoms with Crippen molar-refractivity contribution in [1.29, 1.82) is 0 Å². The summed E-state index contributed by atoms with van der Waals surface area (Å²) in [7, 11) is 1.43. The number of aromatic carboxylic acids is 1. The average Bonchev–Trinajstić information content (AvgIpc) is 2.43. The highest BCUT2D eigenvalue weighted by Crippen LogP contribution is 2.27. The summed E-state index contributed by atoms with van der Waals surface area (Å²) in [5.41, 5.74) is 0.461. The Kier molecular flexibility index (Phi) is 4.26. The van der Waals surface area contributed by atoms with Gasteiger partial charge < -0.3 is 15.2 Å². The Morgan fingerprint density at radius 2 is 2.10 bits per heavy atom. The molecule has 6 nitrogen and oxygen atoms in total. The predicted octanol–water partition coefficient (Wildman–Crippen LogP) is 3.23. The lowest BCUT2D eigenvalue weighted by atomic mass is 10.2. The highest BCUT2D eigenvalue weighted by atomic mass is 35.5. The van der Waals surface area contributed by atoms with Gasteiger partial charge in [-0.1, -0.05) is 23.2 Å². The van der Waals surface area contributed by atoms with E-state index < -0.39 is 5.97 Å². The fraction of sp³-hybridized carbons (Fsp3) is 0.0833. The molecule has 0 atom stereocenters. The summed E-state index contributed by atoms with van der Waals surface area (Å²) >= 11 is 11.7. The number of benzene rings is 1. The predicted molar refractivity (Wildman–Crippen MR) is 75.3 cm³/mol. The molecule has 0 saturated carbocycles. The first-order valence-corrected chi connectivity index (χ1v) is 6.13. The van der Waals surface area contributed by atoms with Crippen LogP contribution in [0.4, 0.5) is 11.5 Å². The quantitative estimate of drug-likeness (QED) is 0.901.